The Bertz CT molecular complexity index is 1570. The van der Waals surface area contributed by atoms with Crippen LogP contribution in [0.4, 0.5) is 5.69 Å². The molecule has 0 spiro atoms. The zero-order chi connectivity index (χ0) is 29.9. The maximum Gasteiger partial charge on any atom is 0.272 e. The molecule has 4 aromatic carbocycles. The van der Waals surface area contributed by atoms with Gasteiger partial charge in [-0.25, -0.2) is 0 Å². The predicted octanol–water partition coefficient (Wildman–Crippen LogP) is 6.10. The highest BCUT2D eigenvalue weighted by Crippen LogP contribution is 2.27. The third-order valence-electron chi connectivity index (χ3n) is 6.16. The van der Waals surface area contributed by atoms with E-state index in [0.29, 0.717) is 39.6 Å². The van der Waals surface area contributed by atoms with Crippen molar-refractivity contribution >= 4 is 41.1 Å². The largest absolute Gasteiger partial charge is 0.497 e. The monoisotopic (exact) mass is 582 g/mol. The third-order valence-corrected chi connectivity index (χ3v) is 7.17. The normalized spacial score (nSPS) is 10.9. The van der Waals surface area contributed by atoms with Crippen molar-refractivity contribution in [3.05, 3.63) is 119 Å². The molecule has 0 aliphatic rings. The van der Waals surface area contributed by atoms with Gasteiger partial charge in [0.2, 0.25) is 0 Å². The summed E-state index contributed by atoms with van der Waals surface area (Å²) in [5, 5.41) is 5.55. The molecule has 0 unspecified atom stereocenters. The number of hydrogen-bond donors (Lipinski definition) is 2. The predicted molar refractivity (Wildman–Crippen MR) is 165 cm³/mol. The fraction of sp³-hybridized carbons (Fsp3) is 0.121. The molecule has 2 amide bonds. The van der Waals surface area contributed by atoms with Gasteiger partial charge in [-0.15, -0.1) is 11.8 Å². The van der Waals surface area contributed by atoms with Crippen LogP contribution in [-0.2, 0) is 4.79 Å². The summed E-state index contributed by atoms with van der Waals surface area (Å²) >= 11 is 1.39. The van der Waals surface area contributed by atoms with Crippen LogP contribution in [0.25, 0.3) is 6.08 Å². The number of rotatable bonds is 12. The molecule has 0 atom stereocenters. The molecule has 0 aliphatic carbocycles. The van der Waals surface area contributed by atoms with Gasteiger partial charge in [-0.2, -0.15) is 0 Å². The van der Waals surface area contributed by atoms with Crippen LogP contribution in [0.3, 0.4) is 0 Å². The molecule has 214 valence electrons. The third kappa shape index (κ3) is 8.02. The van der Waals surface area contributed by atoms with E-state index in [1.54, 1.807) is 92.0 Å². The van der Waals surface area contributed by atoms with Gasteiger partial charge in [0.1, 0.15) is 22.9 Å². The van der Waals surface area contributed by atoms with Gasteiger partial charge in [-0.1, -0.05) is 18.2 Å². The molecule has 42 heavy (non-hydrogen) atoms. The maximum atomic E-state index is 13.4. The minimum atomic E-state index is -0.528. The highest BCUT2D eigenvalue weighted by Gasteiger charge is 2.17. The van der Waals surface area contributed by atoms with Crippen molar-refractivity contribution < 1.29 is 28.6 Å². The number of ketones is 1. The quantitative estimate of drug-likeness (QED) is 0.118. The lowest BCUT2D eigenvalue weighted by Crippen LogP contribution is -2.30. The molecule has 9 heteroatoms. The molecule has 2 N–H and O–H groups in total. The van der Waals surface area contributed by atoms with Crippen LogP contribution in [0.15, 0.2) is 108 Å². The zero-order valence-corrected chi connectivity index (χ0v) is 24.2. The van der Waals surface area contributed by atoms with Crippen molar-refractivity contribution in [3.63, 3.8) is 0 Å². The van der Waals surface area contributed by atoms with Crippen LogP contribution in [0.2, 0.25) is 0 Å². The Balaban J connectivity index is 1.49. The van der Waals surface area contributed by atoms with Gasteiger partial charge in [0, 0.05) is 27.3 Å². The number of anilines is 1. The lowest BCUT2D eigenvalue weighted by atomic mass is 10.1. The number of ether oxygens (including phenoxy) is 3. The first-order valence-corrected chi connectivity index (χ1v) is 13.9. The molecule has 0 bridgehead atoms. The lowest BCUT2D eigenvalue weighted by molar-refractivity contribution is -0.113. The molecule has 4 aromatic rings. The molecule has 0 radical (unpaired) electrons. The van der Waals surface area contributed by atoms with E-state index < -0.39 is 11.8 Å². The molecule has 0 aromatic heterocycles. The fourth-order valence-corrected chi connectivity index (χ4v) is 4.69. The molecule has 0 saturated carbocycles. The summed E-state index contributed by atoms with van der Waals surface area (Å²) in [4.78, 5) is 39.8. The Hall–Kier alpha value is -5.02. The number of hydrogen-bond acceptors (Lipinski definition) is 7. The number of methoxy groups -OCH3 is 3. The van der Waals surface area contributed by atoms with Crippen LogP contribution in [0.5, 0.6) is 17.2 Å². The summed E-state index contributed by atoms with van der Waals surface area (Å²) in [6.45, 7) is 0. The minimum Gasteiger partial charge on any atom is -0.497 e. The van der Waals surface area contributed by atoms with Crippen molar-refractivity contribution in [1.82, 2.24) is 5.32 Å². The Morgan fingerprint density at radius 1 is 0.738 bits per heavy atom. The van der Waals surface area contributed by atoms with E-state index in [1.807, 2.05) is 12.1 Å². The van der Waals surface area contributed by atoms with Crippen LogP contribution < -0.4 is 24.8 Å². The van der Waals surface area contributed by atoms with Crippen LogP contribution in [0.1, 0.15) is 26.3 Å². The Morgan fingerprint density at radius 3 is 2.05 bits per heavy atom. The molecule has 0 saturated heterocycles. The van der Waals surface area contributed by atoms with Crippen molar-refractivity contribution in [2.75, 3.05) is 32.4 Å². The number of thioether (sulfide) groups is 1. The van der Waals surface area contributed by atoms with E-state index in [2.05, 4.69) is 10.6 Å². The average Bonchev–Trinajstić information content (AvgIpc) is 3.04. The summed E-state index contributed by atoms with van der Waals surface area (Å²) in [6, 6.07) is 27.9. The van der Waals surface area contributed by atoms with Gasteiger partial charge in [-0.3, -0.25) is 14.4 Å². The second-order valence-corrected chi connectivity index (χ2v) is 9.95. The molecule has 0 fully saturated rings. The number of nitrogens with one attached hydrogen (secondary N) is 2. The first kappa shape index (κ1) is 30.0. The summed E-state index contributed by atoms with van der Waals surface area (Å²) < 4.78 is 15.9. The Morgan fingerprint density at radius 2 is 1.40 bits per heavy atom. The number of carbonyl (C=O) groups excluding carboxylic acids is 3. The number of benzene rings is 4. The Labute approximate surface area is 248 Å². The first-order chi connectivity index (χ1) is 20.4. The van der Waals surface area contributed by atoms with Crippen molar-refractivity contribution in [1.29, 1.82) is 0 Å². The number of Topliss-reactive ketones (excluding diaryl/α,β-unsaturated/α-hetero) is 1. The fourth-order valence-electron chi connectivity index (χ4n) is 3.89. The van der Waals surface area contributed by atoms with Crippen molar-refractivity contribution in [3.8, 4) is 17.2 Å². The van der Waals surface area contributed by atoms with Crippen molar-refractivity contribution in [2.24, 2.45) is 0 Å². The Kier molecular flexibility index (Phi) is 10.4. The van der Waals surface area contributed by atoms with E-state index >= 15 is 0 Å². The highest BCUT2D eigenvalue weighted by atomic mass is 32.2. The van der Waals surface area contributed by atoms with Gasteiger partial charge >= 0.3 is 0 Å². The lowest BCUT2D eigenvalue weighted by Gasteiger charge is -2.13. The molecule has 8 nitrogen and oxygen atoms in total. The molecular formula is C33H30N2O6S. The number of carbonyl (C=O) groups is 3. The molecule has 0 heterocycles. The van der Waals surface area contributed by atoms with E-state index in [4.69, 9.17) is 14.2 Å². The van der Waals surface area contributed by atoms with Crippen LogP contribution >= 0.6 is 11.8 Å². The molecule has 4 rings (SSSR count). The van der Waals surface area contributed by atoms with Crippen LogP contribution in [0, 0.1) is 0 Å². The molecular weight excluding hydrogens is 552 g/mol. The summed E-state index contributed by atoms with van der Waals surface area (Å²) in [6.07, 6.45) is 1.53. The maximum absolute atomic E-state index is 13.4. The van der Waals surface area contributed by atoms with E-state index in [-0.39, 0.29) is 17.2 Å². The minimum absolute atomic E-state index is 0.00283. The van der Waals surface area contributed by atoms with Gasteiger partial charge in [0.05, 0.1) is 27.1 Å². The van der Waals surface area contributed by atoms with Gasteiger partial charge in [0.25, 0.3) is 11.8 Å². The average molecular weight is 583 g/mol. The second-order valence-electron chi connectivity index (χ2n) is 8.90. The standard InChI is InChI=1S/C33H30N2O6S/c1-39-26-13-9-22(10-14-26)30(36)21-42-28-16-11-25(12-17-28)34-33(38)29(35-32(37)23-7-5-4-6-8-23)20-24-19-27(40-2)15-18-31(24)41-3/h4-20H,21H2,1-3H3,(H,34,38)(H,35,37)/b29-20-. The SMILES string of the molecule is COc1ccc(C(=O)CSc2ccc(NC(=O)/C(=C/c3cc(OC)ccc3OC)NC(=O)c3ccccc3)cc2)cc1. The second kappa shape index (κ2) is 14.6. The van der Waals surface area contributed by atoms with Gasteiger partial charge in [0.15, 0.2) is 5.78 Å². The van der Waals surface area contributed by atoms with E-state index in [1.165, 1.54) is 32.1 Å². The van der Waals surface area contributed by atoms with Gasteiger partial charge in [-0.05, 0) is 84.9 Å². The van der Waals surface area contributed by atoms with E-state index in [9.17, 15) is 14.4 Å². The number of amides is 2. The van der Waals surface area contributed by atoms with E-state index in [0.717, 1.165) is 4.90 Å². The summed E-state index contributed by atoms with van der Waals surface area (Å²) in [7, 11) is 4.64. The van der Waals surface area contributed by atoms with Gasteiger partial charge < -0.3 is 24.8 Å². The highest BCUT2D eigenvalue weighted by molar-refractivity contribution is 8.00. The summed E-state index contributed by atoms with van der Waals surface area (Å²) in [5.74, 6) is 1.05. The first-order valence-electron chi connectivity index (χ1n) is 12.9. The zero-order valence-electron chi connectivity index (χ0n) is 23.4. The molecule has 0 aliphatic heterocycles. The van der Waals surface area contributed by atoms with Crippen LogP contribution in [-0.4, -0.2) is 44.7 Å². The topological polar surface area (TPSA) is 103 Å². The summed E-state index contributed by atoms with van der Waals surface area (Å²) in [5.41, 5.74) is 2.09. The smallest absolute Gasteiger partial charge is 0.272 e. The van der Waals surface area contributed by atoms with Crippen molar-refractivity contribution in [2.45, 2.75) is 4.90 Å².